The van der Waals surface area contributed by atoms with Crippen LogP contribution < -0.4 is 5.32 Å². The number of anilines is 1. The first kappa shape index (κ1) is 19.8. The third-order valence-electron chi connectivity index (χ3n) is 4.82. The summed E-state index contributed by atoms with van der Waals surface area (Å²) < 4.78 is 39.5. The third kappa shape index (κ3) is 3.97. The molecule has 0 radical (unpaired) electrons. The Morgan fingerprint density at radius 1 is 0.967 bits per heavy atom. The molecule has 0 aliphatic heterocycles. The van der Waals surface area contributed by atoms with Gasteiger partial charge in [-0.1, -0.05) is 48.5 Å². The van der Waals surface area contributed by atoms with Gasteiger partial charge in [0.15, 0.2) is 9.84 Å². The van der Waals surface area contributed by atoms with Crippen LogP contribution in [0.5, 0.6) is 0 Å². The molecule has 1 N–H and O–H groups in total. The Morgan fingerprint density at radius 3 is 2.40 bits per heavy atom. The molecule has 0 unspecified atom stereocenters. The summed E-state index contributed by atoms with van der Waals surface area (Å²) in [4.78, 5) is 12.7. The van der Waals surface area contributed by atoms with Crippen LogP contribution in [-0.4, -0.2) is 25.1 Å². The molecule has 0 aliphatic carbocycles. The highest BCUT2D eigenvalue weighted by Crippen LogP contribution is 2.28. The molecular formula is C23H19FN2O3S. The van der Waals surface area contributed by atoms with Gasteiger partial charge in [-0.05, 0) is 35.9 Å². The first-order valence-electron chi connectivity index (χ1n) is 9.26. The van der Waals surface area contributed by atoms with Gasteiger partial charge in [0.25, 0.3) is 0 Å². The van der Waals surface area contributed by atoms with E-state index in [4.69, 9.17) is 0 Å². The van der Waals surface area contributed by atoms with Crippen LogP contribution in [-0.2, 0) is 21.2 Å². The second-order valence-corrected chi connectivity index (χ2v) is 9.02. The normalized spacial score (nSPS) is 11.5. The molecular weight excluding hydrogens is 403 g/mol. The maximum Gasteiger partial charge on any atom is 0.244 e. The number of benzene rings is 3. The van der Waals surface area contributed by atoms with Gasteiger partial charge in [-0.3, -0.25) is 4.79 Å². The van der Waals surface area contributed by atoms with E-state index in [1.807, 2.05) is 65.2 Å². The molecule has 1 heterocycles. The summed E-state index contributed by atoms with van der Waals surface area (Å²) in [6.07, 6.45) is 1.03. The molecule has 152 valence electrons. The molecule has 1 aromatic heterocycles. The van der Waals surface area contributed by atoms with E-state index in [2.05, 4.69) is 5.32 Å². The number of nitrogens with one attached hydrogen (secondary N) is 1. The number of amides is 1. The number of hydrogen-bond acceptors (Lipinski definition) is 3. The van der Waals surface area contributed by atoms with Crippen LogP contribution >= 0.6 is 0 Å². The average Bonchev–Trinajstić information content (AvgIpc) is 3.08. The molecule has 7 heteroatoms. The fourth-order valence-electron chi connectivity index (χ4n) is 3.39. The third-order valence-corrected chi connectivity index (χ3v) is 5.93. The number of hydrogen-bond donors (Lipinski definition) is 1. The summed E-state index contributed by atoms with van der Waals surface area (Å²) >= 11 is 0. The van der Waals surface area contributed by atoms with Crippen LogP contribution in [0.2, 0.25) is 0 Å². The van der Waals surface area contributed by atoms with E-state index < -0.39 is 21.6 Å². The van der Waals surface area contributed by atoms with Gasteiger partial charge >= 0.3 is 0 Å². The Morgan fingerprint density at radius 2 is 1.67 bits per heavy atom. The Hall–Kier alpha value is -3.45. The van der Waals surface area contributed by atoms with E-state index >= 15 is 0 Å². The summed E-state index contributed by atoms with van der Waals surface area (Å²) in [7, 11) is -3.52. The van der Waals surface area contributed by atoms with Crippen LogP contribution in [0.3, 0.4) is 0 Å². The number of carbonyl (C=O) groups is 1. The van der Waals surface area contributed by atoms with Crippen molar-refractivity contribution in [1.29, 1.82) is 0 Å². The minimum Gasteiger partial charge on any atom is -0.331 e. The van der Waals surface area contributed by atoms with E-state index in [9.17, 15) is 17.6 Å². The smallest absolute Gasteiger partial charge is 0.244 e. The zero-order valence-corrected chi connectivity index (χ0v) is 17.0. The van der Waals surface area contributed by atoms with Crippen molar-refractivity contribution in [2.75, 3.05) is 11.6 Å². The molecule has 0 aliphatic rings. The molecule has 3 aromatic carbocycles. The fourth-order valence-corrected chi connectivity index (χ4v) is 4.04. The molecule has 0 spiro atoms. The van der Waals surface area contributed by atoms with Crippen LogP contribution in [0.15, 0.2) is 83.8 Å². The number of halogens is 1. The molecule has 0 fully saturated rings. The van der Waals surface area contributed by atoms with Crippen molar-refractivity contribution in [1.82, 2.24) is 4.57 Å². The predicted molar refractivity (Wildman–Crippen MR) is 116 cm³/mol. The van der Waals surface area contributed by atoms with Crippen molar-refractivity contribution in [2.45, 2.75) is 11.4 Å². The summed E-state index contributed by atoms with van der Waals surface area (Å²) in [5, 5.41) is 3.49. The minimum atomic E-state index is -3.52. The zero-order chi connectivity index (χ0) is 21.3. The zero-order valence-electron chi connectivity index (χ0n) is 16.2. The molecule has 5 nitrogen and oxygen atoms in total. The quantitative estimate of drug-likeness (QED) is 0.482. The Kier molecular flexibility index (Phi) is 5.13. The van der Waals surface area contributed by atoms with E-state index in [1.54, 1.807) is 0 Å². The fraction of sp³-hybridized carbons (Fsp3) is 0.0870. The van der Waals surface area contributed by atoms with E-state index in [0.717, 1.165) is 40.5 Å². The SMILES string of the molecule is CS(=O)(=O)c1ccc(F)c(NC(=O)Cn2c(-c3ccccc3)cc3ccccc32)c1. The van der Waals surface area contributed by atoms with Gasteiger partial charge in [-0.15, -0.1) is 0 Å². The molecule has 30 heavy (non-hydrogen) atoms. The molecule has 4 aromatic rings. The van der Waals surface area contributed by atoms with Gasteiger partial charge in [-0.25, -0.2) is 12.8 Å². The second-order valence-electron chi connectivity index (χ2n) is 7.00. The lowest BCUT2D eigenvalue weighted by Crippen LogP contribution is -2.20. The van der Waals surface area contributed by atoms with Crippen molar-refractivity contribution in [3.05, 3.63) is 84.7 Å². The van der Waals surface area contributed by atoms with E-state index in [1.165, 1.54) is 6.07 Å². The lowest BCUT2D eigenvalue weighted by atomic mass is 10.1. The number of nitrogens with zero attached hydrogens (tertiary/aromatic N) is 1. The van der Waals surface area contributed by atoms with Crippen molar-refractivity contribution in [3.8, 4) is 11.3 Å². The first-order valence-corrected chi connectivity index (χ1v) is 11.2. The Bertz CT molecular complexity index is 1350. The number of rotatable bonds is 5. The maximum absolute atomic E-state index is 14.2. The molecule has 0 saturated carbocycles. The number of fused-ring (bicyclic) bond motifs is 1. The van der Waals surface area contributed by atoms with Gasteiger partial charge < -0.3 is 9.88 Å². The molecule has 0 bridgehead atoms. The van der Waals surface area contributed by atoms with Crippen molar-refractivity contribution in [2.24, 2.45) is 0 Å². The second kappa shape index (κ2) is 7.76. The Labute approximate surface area is 173 Å². The van der Waals surface area contributed by atoms with Crippen LogP contribution in [0, 0.1) is 5.82 Å². The monoisotopic (exact) mass is 422 g/mol. The first-order chi connectivity index (χ1) is 14.3. The van der Waals surface area contributed by atoms with Crippen molar-refractivity contribution in [3.63, 3.8) is 0 Å². The summed E-state index contributed by atoms with van der Waals surface area (Å²) in [6.45, 7) is -0.0553. The minimum absolute atomic E-state index is 0.0553. The van der Waals surface area contributed by atoms with Gasteiger partial charge in [0, 0.05) is 22.9 Å². The number of para-hydroxylation sites is 1. The van der Waals surface area contributed by atoms with Crippen molar-refractivity contribution >= 4 is 32.3 Å². The van der Waals surface area contributed by atoms with E-state index in [0.29, 0.717) is 0 Å². The standard InChI is InChI=1S/C23H19FN2O3S/c1-30(28,29)18-11-12-19(24)20(14-18)25-23(27)15-26-21-10-6-5-9-17(21)13-22(26)16-7-3-2-4-8-16/h2-14H,15H2,1H3,(H,25,27). The highest BCUT2D eigenvalue weighted by Gasteiger charge is 2.16. The van der Waals surface area contributed by atoms with Gasteiger partial charge in [0.1, 0.15) is 12.4 Å². The van der Waals surface area contributed by atoms with Gasteiger partial charge in [0.05, 0.1) is 10.6 Å². The van der Waals surface area contributed by atoms with Crippen LogP contribution in [0.1, 0.15) is 0 Å². The Balaban J connectivity index is 1.69. The highest BCUT2D eigenvalue weighted by molar-refractivity contribution is 7.90. The largest absolute Gasteiger partial charge is 0.331 e. The topological polar surface area (TPSA) is 68.2 Å². The number of sulfone groups is 1. The summed E-state index contributed by atoms with van der Waals surface area (Å²) in [6, 6.07) is 22.7. The number of carbonyl (C=O) groups excluding carboxylic acids is 1. The van der Waals surface area contributed by atoms with Gasteiger partial charge in [0.2, 0.25) is 5.91 Å². The molecule has 0 saturated heterocycles. The average molecular weight is 422 g/mol. The lowest BCUT2D eigenvalue weighted by molar-refractivity contribution is -0.116. The van der Waals surface area contributed by atoms with Crippen LogP contribution in [0.25, 0.3) is 22.2 Å². The predicted octanol–water partition coefficient (Wildman–Crippen LogP) is 4.49. The van der Waals surface area contributed by atoms with Crippen molar-refractivity contribution < 1.29 is 17.6 Å². The summed E-state index contributed by atoms with van der Waals surface area (Å²) in [5.41, 5.74) is 2.52. The number of aromatic nitrogens is 1. The van der Waals surface area contributed by atoms with Gasteiger partial charge in [-0.2, -0.15) is 0 Å². The molecule has 1 amide bonds. The lowest BCUT2D eigenvalue weighted by Gasteiger charge is -2.12. The maximum atomic E-state index is 14.2. The molecule has 4 rings (SSSR count). The van der Waals surface area contributed by atoms with Crippen LogP contribution in [0.4, 0.5) is 10.1 Å². The highest BCUT2D eigenvalue weighted by atomic mass is 32.2. The summed E-state index contributed by atoms with van der Waals surface area (Å²) in [5.74, 6) is -1.16. The van der Waals surface area contributed by atoms with E-state index in [-0.39, 0.29) is 17.1 Å². The molecule has 0 atom stereocenters.